The molecular formula is C24H23N5O. The largest absolute Gasteiger partial charge is 0.369 e. The van der Waals surface area contributed by atoms with Crippen LogP contribution in [-0.2, 0) is 0 Å². The van der Waals surface area contributed by atoms with Gasteiger partial charge in [-0.3, -0.25) is 4.79 Å². The number of likely N-dealkylation sites (N-methyl/N-ethyl adjacent to an activating group) is 1. The van der Waals surface area contributed by atoms with Gasteiger partial charge in [-0.05, 0) is 61.6 Å². The first-order valence-corrected chi connectivity index (χ1v) is 10.2. The summed E-state index contributed by atoms with van der Waals surface area (Å²) in [5, 5.41) is 2.98. The fraction of sp³-hybridized carbons (Fsp3) is 0.208. The molecule has 1 amide bonds. The highest BCUT2D eigenvalue weighted by molar-refractivity contribution is 6.06. The summed E-state index contributed by atoms with van der Waals surface area (Å²) in [5.41, 5.74) is 5.70. The zero-order valence-corrected chi connectivity index (χ0v) is 16.9. The van der Waals surface area contributed by atoms with E-state index in [1.807, 2.05) is 42.5 Å². The van der Waals surface area contributed by atoms with Crippen LogP contribution >= 0.6 is 0 Å². The third-order valence-corrected chi connectivity index (χ3v) is 5.59. The van der Waals surface area contributed by atoms with E-state index >= 15 is 0 Å². The van der Waals surface area contributed by atoms with Gasteiger partial charge in [0.05, 0.1) is 22.1 Å². The van der Waals surface area contributed by atoms with E-state index in [0.717, 1.165) is 48.4 Å². The summed E-state index contributed by atoms with van der Waals surface area (Å²) in [4.78, 5) is 26.7. The van der Waals surface area contributed by atoms with Crippen LogP contribution in [0.25, 0.3) is 22.1 Å². The highest BCUT2D eigenvalue weighted by atomic mass is 16.1. The maximum Gasteiger partial charge on any atom is 0.255 e. The van der Waals surface area contributed by atoms with Crippen LogP contribution in [0.15, 0.2) is 66.7 Å². The van der Waals surface area contributed by atoms with E-state index in [-0.39, 0.29) is 5.91 Å². The third kappa shape index (κ3) is 3.69. The van der Waals surface area contributed by atoms with Crippen LogP contribution in [0, 0.1) is 0 Å². The van der Waals surface area contributed by atoms with E-state index in [1.165, 1.54) is 5.69 Å². The predicted molar refractivity (Wildman–Crippen MR) is 121 cm³/mol. The Bertz CT molecular complexity index is 1210. The number of carbonyl (C=O) groups is 1. The van der Waals surface area contributed by atoms with Crippen LogP contribution in [0.4, 0.5) is 11.4 Å². The number of nitrogens with one attached hydrogen (secondary N) is 1. The summed E-state index contributed by atoms with van der Waals surface area (Å²) in [7, 11) is 2.15. The lowest BCUT2D eigenvalue weighted by molar-refractivity contribution is 0.102. The van der Waals surface area contributed by atoms with Gasteiger partial charge in [-0.15, -0.1) is 0 Å². The molecule has 1 fully saturated rings. The normalized spacial score (nSPS) is 14.9. The Kier molecular flexibility index (Phi) is 4.77. The Morgan fingerprint density at radius 2 is 1.43 bits per heavy atom. The highest BCUT2D eigenvalue weighted by Crippen LogP contribution is 2.21. The number of carbonyl (C=O) groups excluding carboxylic acids is 1. The van der Waals surface area contributed by atoms with E-state index in [2.05, 4.69) is 44.3 Å². The molecule has 30 heavy (non-hydrogen) atoms. The predicted octanol–water partition coefficient (Wildman–Crippen LogP) is 3.79. The number of benzene rings is 3. The molecule has 4 aromatic rings. The number of hydrogen-bond acceptors (Lipinski definition) is 5. The van der Waals surface area contributed by atoms with Crippen molar-refractivity contribution in [3.63, 3.8) is 0 Å². The Labute approximate surface area is 175 Å². The molecule has 1 aromatic heterocycles. The summed E-state index contributed by atoms with van der Waals surface area (Å²) in [6, 6.07) is 21.2. The summed E-state index contributed by atoms with van der Waals surface area (Å²) in [6.45, 7) is 4.18. The lowest BCUT2D eigenvalue weighted by atomic mass is 10.1. The van der Waals surface area contributed by atoms with Crippen molar-refractivity contribution in [2.45, 2.75) is 0 Å². The molecule has 0 aliphatic carbocycles. The summed E-state index contributed by atoms with van der Waals surface area (Å²) in [5.74, 6) is -0.154. The van der Waals surface area contributed by atoms with Gasteiger partial charge in [0.2, 0.25) is 0 Å². The number of amides is 1. The number of rotatable bonds is 3. The van der Waals surface area contributed by atoms with Crippen LogP contribution < -0.4 is 10.2 Å². The number of piperazine rings is 1. The second-order valence-electron chi connectivity index (χ2n) is 7.71. The molecule has 3 aromatic carbocycles. The first-order valence-electron chi connectivity index (χ1n) is 10.2. The van der Waals surface area contributed by atoms with Crippen LogP contribution in [0.5, 0.6) is 0 Å². The lowest BCUT2D eigenvalue weighted by Crippen LogP contribution is -2.44. The maximum absolute atomic E-state index is 12.8. The number of fused-ring (bicyclic) bond motifs is 2. The van der Waals surface area contributed by atoms with Gasteiger partial charge in [0.15, 0.2) is 0 Å². The Morgan fingerprint density at radius 3 is 2.13 bits per heavy atom. The van der Waals surface area contributed by atoms with Gasteiger partial charge in [0.1, 0.15) is 0 Å². The van der Waals surface area contributed by atoms with Crippen LogP contribution in [0.2, 0.25) is 0 Å². The van der Waals surface area contributed by atoms with Gasteiger partial charge in [-0.1, -0.05) is 12.1 Å². The molecule has 5 rings (SSSR count). The first-order chi connectivity index (χ1) is 14.7. The molecule has 1 saturated heterocycles. The molecule has 0 atom stereocenters. The fourth-order valence-electron chi connectivity index (χ4n) is 3.79. The minimum atomic E-state index is -0.154. The Hall–Kier alpha value is -3.51. The molecule has 1 N–H and O–H groups in total. The van der Waals surface area contributed by atoms with Crippen LogP contribution in [0.3, 0.4) is 0 Å². The molecule has 150 valence electrons. The standard InChI is InChI=1S/C24H23N5O/c1-28-12-14-29(15-13-28)19-9-7-18(8-10-19)25-24(30)17-6-11-22-23(16-17)27-21-5-3-2-4-20(21)26-22/h2-11,16H,12-15H2,1H3,(H,25,30). The number of para-hydroxylation sites is 2. The lowest BCUT2D eigenvalue weighted by Gasteiger charge is -2.34. The molecule has 0 radical (unpaired) electrons. The zero-order chi connectivity index (χ0) is 20.5. The molecule has 0 unspecified atom stereocenters. The topological polar surface area (TPSA) is 61.4 Å². The number of anilines is 2. The molecular weight excluding hydrogens is 374 g/mol. The minimum absolute atomic E-state index is 0.154. The maximum atomic E-state index is 12.8. The van der Waals surface area contributed by atoms with Gasteiger partial charge in [-0.25, -0.2) is 9.97 Å². The van der Waals surface area contributed by atoms with Crippen LogP contribution in [0.1, 0.15) is 10.4 Å². The zero-order valence-electron chi connectivity index (χ0n) is 16.9. The number of hydrogen-bond donors (Lipinski definition) is 1. The third-order valence-electron chi connectivity index (χ3n) is 5.59. The van der Waals surface area contributed by atoms with E-state index in [0.29, 0.717) is 11.1 Å². The molecule has 1 aliphatic rings. The Balaban J connectivity index is 1.33. The molecule has 0 spiro atoms. The molecule has 0 bridgehead atoms. The summed E-state index contributed by atoms with van der Waals surface area (Å²) >= 11 is 0. The van der Waals surface area contributed by atoms with E-state index in [9.17, 15) is 4.79 Å². The van der Waals surface area contributed by atoms with Crippen molar-refractivity contribution < 1.29 is 4.79 Å². The molecule has 6 heteroatoms. The second-order valence-corrected chi connectivity index (χ2v) is 7.71. The monoisotopic (exact) mass is 397 g/mol. The quantitative estimate of drug-likeness (QED) is 0.533. The van der Waals surface area contributed by atoms with Gasteiger partial charge in [0, 0.05) is 43.1 Å². The van der Waals surface area contributed by atoms with Crippen molar-refractivity contribution >= 4 is 39.3 Å². The average Bonchev–Trinajstić information content (AvgIpc) is 2.78. The SMILES string of the molecule is CN1CCN(c2ccc(NC(=O)c3ccc4nc5ccccc5nc4c3)cc2)CC1. The summed E-state index contributed by atoms with van der Waals surface area (Å²) < 4.78 is 0. The van der Waals surface area contributed by atoms with Crippen molar-refractivity contribution in [2.24, 2.45) is 0 Å². The first kappa shape index (κ1) is 18.5. The number of aromatic nitrogens is 2. The molecule has 2 heterocycles. The van der Waals surface area contributed by atoms with E-state index in [1.54, 1.807) is 12.1 Å². The van der Waals surface area contributed by atoms with Crippen LogP contribution in [-0.4, -0.2) is 54.0 Å². The average molecular weight is 397 g/mol. The van der Waals surface area contributed by atoms with Gasteiger partial charge >= 0.3 is 0 Å². The minimum Gasteiger partial charge on any atom is -0.369 e. The fourth-order valence-corrected chi connectivity index (χ4v) is 3.79. The van der Waals surface area contributed by atoms with E-state index < -0.39 is 0 Å². The molecule has 1 aliphatic heterocycles. The van der Waals surface area contributed by atoms with Crippen molar-refractivity contribution in [1.82, 2.24) is 14.9 Å². The van der Waals surface area contributed by atoms with Gasteiger partial charge < -0.3 is 15.1 Å². The van der Waals surface area contributed by atoms with E-state index in [4.69, 9.17) is 0 Å². The molecule has 6 nitrogen and oxygen atoms in total. The second kappa shape index (κ2) is 7.72. The highest BCUT2D eigenvalue weighted by Gasteiger charge is 2.14. The van der Waals surface area contributed by atoms with Crippen molar-refractivity contribution in [1.29, 1.82) is 0 Å². The van der Waals surface area contributed by atoms with Gasteiger partial charge in [0.25, 0.3) is 5.91 Å². The Morgan fingerprint density at radius 1 is 0.800 bits per heavy atom. The van der Waals surface area contributed by atoms with Crippen molar-refractivity contribution in [3.05, 3.63) is 72.3 Å². The molecule has 0 saturated carbocycles. The van der Waals surface area contributed by atoms with Crippen molar-refractivity contribution in [3.8, 4) is 0 Å². The van der Waals surface area contributed by atoms with Crippen molar-refractivity contribution in [2.75, 3.05) is 43.4 Å². The smallest absolute Gasteiger partial charge is 0.255 e. The summed E-state index contributed by atoms with van der Waals surface area (Å²) in [6.07, 6.45) is 0. The number of nitrogens with zero attached hydrogens (tertiary/aromatic N) is 4. The van der Waals surface area contributed by atoms with Gasteiger partial charge in [-0.2, -0.15) is 0 Å².